The first-order valence-electron chi connectivity index (χ1n) is 8.53. The molecule has 2 N–H and O–H groups in total. The maximum atomic E-state index is 12.1. The predicted octanol–water partition coefficient (Wildman–Crippen LogP) is 2.30. The molecular formula is C18H23N5OS. The molecule has 3 heterocycles. The minimum absolute atomic E-state index is 0.146. The van der Waals surface area contributed by atoms with Crippen molar-refractivity contribution in [2.45, 2.75) is 45.0 Å². The van der Waals surface area contributed by atoms with E-state index in [-0.39, 0.29) is 16.9 Å². The van der Waals surface area contributed by atoms with Crippen LogP contribution in [0.1, 0.15) is 43.5 Å². The van der Waals surface area contributed by atoms with Crippen molar-refractivity contribution in [1.82, 2.24) is 19.1 Å². The second-order valence-corrected chi connectivity index (χ2v) is 7.85. The number of nitrogens with two attached hydrogens (primary N) is 1. The molecule has 2 aromatic rings. The quantitative estimate of drug-likeness (QED) is 0.850. The molecule has 25 heavy (non-hydrogen) atoms. The molecule has 0 aliphatic carbocycles. The first-order valence-corrected chi connectivity index (χ1v) is 9.58. The van der Waals surface area contributed by atoms with Crippen molar-refractivity contribution >= 4 is 17.6 Å². The van der Waals surface area contributed by atoms with Gasteiger partial charge in [0.25, 0.3) is 0 Å². The lowest BCUT2D eigenvalue weighted by Gasteiger charge is -2.12. The molecule has 1 aliphatic heterocycles. The number of hydrogen-bond donors (Lipinski definition) is 1. The van der Waals surface area contributed by atoms with Gasteiger partial charge >= 0.3 is 5.69 Å². The molecule has 1 aliphatic rings. The Bertz CT molecular complexity index is 852. The Labute approximate surface area is 151 Å². The number of imidazole rings is 1. The summed E-state index contributed by atoms with van der Waals surface area (Å²) in [6, 6.07) is 0. The van der Waals surface area contributed by atoms with Gasteiger partial charge in [0.1, 0.15) is 11.6 Å². The Morgan fingerprint density at radius 3 is 3.04 bits per heavy atom. The summed E-state index contributed by atoms with van der Waals surface area (Å²) in [6.07, 6.45) is 8.51. The van der Waals surface area contributed by atoms with Gasteiger partial charge in [0, 0.05) is 25.0 Å². The molecule has 1 saturated heterocycles. The number of rotatable bonds is 4. The average molecular weight is 357 g/mol. The summed E-state index contributed by atoms with van der Waals surface area (Å²) in [6.45, 7) is 4.88. The van der Waals surface area contributed by atoms with Crippen molar-refractivity contribution in [1.29, 1.82) is 0 Å². The first kappa shape index (κ1) is 17.6. The van der Waals surface area contributed by atoms with Gasteiger partial charge in [-0.15, -0.1) is 11.8 Å². The van der Waals surface area contributed by atoms with Crippen LogP contribution in [0.3, 0.4) is 0 Å². The molecule has 0 saturated carbocycles. The molecule has 7 heteroatoms. The number of nitrogen functional groups attached to an aromatic ring is 1. The van der Waals surface area contributed by atoms with E-state index in [4.69, 9.17) is 5.73 Å². The monoisotopic (exact) mass is 357 g/mol. The van der Waals surface area contributed by atoms with E-state index in [1.54, 1.807) is 28.7 Å². The first-order chi connectivity index (χ1) is 12.0. The molecular weight excluding hydrogens is 334 g/mol. The lowest BCUT2D eigenvalue weighted by atomic mass is 10.1. The fraction of sp³-hybridized carbons (Fsp3) is 0.500. The van der Waals surface area contributed by atoms with Crippen LogP contribution in [0.15, 0.2) is 23.4 Å². The van der Waals surface area contributed by atoms with Crippen molar-refractivity contribution in [2.24, 2.45) is 5.92 Å². The number of aromatic nitrogens is 4. The Morgan fingerprint density at radius 1 is 1.48 bits per heavy atom. The fourth-order valence-electron chi connectivity index (χ4n) is 2.82. The molecule has 1 atom stereocenters. The van der Waals surface area contributed by atoms with Gasteiger partial charge in [0.2, 0.25) is 0 Å². The zero-order chi connectivity index (χ0) is 17.8. The van der Waals surface area contributed by atoms with E-state index in [0.717, 1.165) is 30.8 Å². The van der Waals surface area contributed by atoms with E-state index >= 15 is 0 Å². The van der Waals surface area contributed by atoms with Crippen LogP contribution in [0.4, 0.5) is 5.82 Å². The van der Waals surface area contributed by atoms with Gasteiger partial charge in [0.15, 0.2) is 0 Å². The van der Waals surface area contributed by atoms with Crippen molar-refractivity contribution in [3.63, 3.8) is 0 Å². The molecule has 1 unspecified atom stereocenters. The molecule has 0 spiro atoms. The summed E-state index contributed by atoms with van der Waals surface area (Å²) in [7, 11) is 0. The zero-order valence-corrected chi connectivity index (χ0v) is 15.4. The van der Waals surface area contributed by atoms with Crippen LogP contribution in [0.25, 0.3) is 0 Å². The third kappa shape index (κ3) is 4.26. The highest BCUT2D eigenvalue weighted by molar-refractivity contribution is 7.99. The maximum Gasteiger partial charge on any atom is 0.350 e. The molecule has 1 fully saturated rings. The van der Waals surface area contributed by atoms with Crippen molar-refractivity contribution in [3.8, 4) is 11.8 Å². The maximum absolute atomic E-state index is 12.1. The third-order valence-corrected chi connectivity index (χ3v) is 5.43. The largest absolute Gasteiger partial charge is 0.382 e. The third-order valence-electron chi connectivity index (χ3n) is 4.06. The average Bonchev–Trinajstić information content (AvgIpc) is 3.21. The van der Waals surface area contributed by atoms with E-state index in [9.17, 15) is 4.79 Å². The van der Waals surface area contributed by atoms with Gasteiger partial charge in [0.05, 0.1) is 17.5 Å². The second kappa shape index (κ2) is 7.79. The van der Waals surface area contributed by atoms with Gasteiger partial charge in [-0.25, -0.2) is 9.78 Å². The zero-order valence-electron chi connectivity index (χ0n) is 14.6. The fourth-order valence-corrected chi connectivity index (χ4v) is 4.07. The normalized spacial score (nSPS) is 16.8. The van der Waals surface area contributed by atoms with E-state index in [1.165, 1.54) is 0 Å². The molecule has 132 valence electrons. The summed E-state index contributed by atoms with van der Waals surface area (Å²) in [5.74, 6) is 9.04. The molecule has 6 nitrogen and oxygen atoms in total. The lowest BCUT2D eigenvalue weighted by Crippen LogP contribution is -2.26. The summed E-state index contributed by atoms with van der Waals surface area (Å²) in [5, 5.41) is 0.146. The number of thioether (sulfide) groups is 1. The van der Waals surface area contributed by atoms with Gasteiger partial charge in [-0.1, -0.05) is 25.7 Å². The minimum Gasteiger partial charge on any atom is -0.382 e. The Kier molecular flexibility index (Phi) is 5.49. The van der Waals surface area contributed by atoms with Gasteiger partial charge in [-0.05, 0) is 24.5 Å². The van der Waals surface area contributed by atoms with Crippen LogP contribution in [0.5, 0.6) is 0 Å². The second-order valence-electron chi connectivity index (χ2n) is 6.57. The highest BCUT2D eigenvalue weighted by Crippen LogP contribution is 2.34. The SMILES string of the molecule is CC(C)Cc1nccn1CC#Cc1cn(C2CCCS2)c(=O)nc1N. The Hall–Kier alpha value is -2.20. The van der Waals surface area contributed by atoms with Gasteiger partial charge in [-0.3, -0.25) is 4.57 Å². The van der Waals surface area contributed by atoms with E-state index in [0.29, 0.717) is 18.0 Å². The summed E-state index contributed by atoms with van der Waals surface area (Å²) < 4.78 is 3.71. The van der Waals surface area contributed by atoms with Crippen LogP contribution < -0.4 is 11.4 Å². The van der Waals surface area contributed by atoms with Crippen LogP contribution >= 0.6 is 11.8 Å². The minimum atomic E-state index is -0.295. The van der Waals surface area contributed by atoms with Crippen molar-refractivity contribution < 1.29 is 0 Å². The highest BCUT2D eigenvalue weighted by atomic mass is 32.2. The number of nitrogens with zero attached hydrogens (tertiary/aromatic N) is 4. The summed E-state index contributed by atoms with van der Waals surface area (Å²) in [5.41, 5.74) is 6.21. The number of anilines is 1. The summed E-state index contributed by atoms with van der Waals surface area (Å²) in [4.78, 5) is 20.4. The van der Waals surface area contributed by atoms with Crippen LogP contribution in [0.2, 0.25) is 0 Å². The van der Waals surface area contributed by atoms with E-state index in [1.807, 2.05) is 10.8 Å². The Morgan fingerprint density at radius 2 is 2.32 bits per heavy atom. The van der Waals surface area contributed by atoms with Crippen LogP contribution in [-0.2, 0) is 13.0 Å². The lowest BCUT2D eigenvalue weighted by molar-refractivity contribution is 0.595. The topological polar surface area (TPSA) is 78.7 Å². The molecule has 0 aromatic carbocycles. The van der Waals surface area contributed by atoms with E-state index < -0.39 is 0 Å². The molecule has 0 bridgehead atoms. The molecule has 3 rings (SSSR count). The standard InChI is InChI=1S/C18H23N5OS/c1-13(2)11-15-20-7-9-22(15)8-3-5-14-12-23(16-6-4-10-25-16)18(24)21-17(14)19/h7,9,12-13,16H,4,6,8,10-11H2,1-2H3,(H2,19,21,24). The van der Waals surface area contributed by atoms with E-state index in [2.05, 4.69) is 35.7 Å². The van der Waals surface area contributed by atoms with Crippen molar-refractivity contribution in [2.75, 3.05) is 11.5 Å². The summed E-state index contributed by atoms with van der Waals surface area (Å²) >= 11 is 1.78. The van der Waals surface area contributed by atoms with Crippen molar-refractivity contribution in [3.05, 3.63) is 40.5 Å². The molecule has 0 radical (unpaired) electrons. The van der Waals surface area contributed by atoms with Crippen LogP contribution in [-0.4, -0.2) is 24.9 Å². The molecule has 2 aromatic heterocycles. The number of hydrogen-bond acceptors (Lipinski definition) is 5. The highest BCUT2D eigenvalue weighted by Gasteiger charge is 2.19. The smallest absolute Gasteiger partial charge is 0.350 e. The molecule has 0 amide bonds. The van der Waals surface area contributed by atoms with Gasteiger partial charge < -0.3 is 10.3 Å². The van der Waals surface area contributed by atoms with Crippen LogP contribution in [0, 0.1) is 17.8 Å². The van der Waals surface area contributed by atoms with Gasteiger partial charge in [-0.2, -0.15) is 4.98 Å². The Balaban J connectivity index is 1.80. The predicted molar refractivity (Wildman–Crippen MR) is 101 cm³/mol.